The molecule has 0 aliphatic heterocycles. The van der Waals surface area contributed by atoms with Crippen molar-refractivity contribution in [2.75, 3.05) is 0 Å². The first-order chi connectivity index (χ1) is 8.17. The lowest BCUT2D eigenvalue weighted by Gasteiger charge is -2.35. The number of ketones is 1. The third kappa shape index (κ3) is 2.38. The number of hydrogen-bond donors (Lipinski definition) is 1. The van der Waals surface area contributed by atoms with Crippen LogP contribution in [-0.4, -0.2) is 16.9 Å². The smallest absolute Gasteiger partial charge is 0.317 e. The van der Waals surface area contributed by atoms with Gasteiger partial charge in [0.25, 0.3) is 0 Å². The molecule has 0 spiro atoms. The van der Waals surface area contributed by atoms with Crippen LogP contribution in [0.3, 0.4) is 0 Å². The van der Waals surface area contributed by atoms with Crippen LogP contribution in [0.15, 0.2) is 0 Å². The van der Waals surface area contributed by atoms with Crippen LogP contribution in [0.2, 0.25) is 0 Å². The average Bonchev–Trinajstić information content (AvgIpc) is 2.39. The summed E-state index contributed by atoms with van der Waals surface area (Å²) < 4.78 is 0. The highest BCUT2D eigenvalue weighted by molar-refractivity contribution is 6.04. The molecule has 0 aromatic heterocycles. The molecule has 0 heterocycles. The minimum atomic E-state index is -1.03. The summed E-state index contributed by atoms with van der Waals surface area (Å²) in [5.41, 5.74) is -1.03. The van der Waals surface area contributed by atoms with Gasteiger partial charge in [-0.3, -0.25) is 9.59 Å². The summed E-state index contributed by atoms with van der Waals surface area (Å²) in [5, 5.41) is 9.47. The zero-order chi connectivity index (χ0) is 12.3. The number of carbonyl (C=O) groups is 2. The molecule has 0 bridgehead atoms. The minimum Gasteiger partial charge on any atom is -0.480 e. The van der Waals surface area contributed by atoms with E-state index in [-0.39, 0.29) is 11.7 Å². The fraction of sp³-hybridized carbons (Fsp3) is 0.857. The monoisotopic (exact) mass is 238 g/mol. The van der Waals surface area contributed by atoms with Crippen LogP contribution in [0, 0.1) is 11.3 Å². The first kappa shape index (κ1) is 12.6. The number of Topliss-reactive ketones (excluding diaryl/α,β-unsaturated/α-hetero) is 1. The van der Waals surface area contributed by atoms with Crippen molar-refractivity contribution in [3.63, 3.8) is 0 Å². The molecule has 17 heavy (non-hydrogen) atoms. The topological polar surface area (TPSA) is 54.4 Å². The number of rotatable bonds is 3. The number of hydrogen-bond acceptors (Lipinski definition) is 2. The zero-order valence-corrected chi connectivity index (χ0v) is 10.4. The molecule has 3 nitrogen and oxygen atoms in total. The first-order valence-corrected chi connectivity index (χ1v) is 6.94. The maximum absolute atomic E-state index is 12.5. The molecular weight excluding hydrogens is 216 g/mol. The maximum atomic E-state index is 12.5. The Balaban J connectivity index is 2.14. The summed E-state index contributed by atoms with van der Waals surface area (Å²) in [5.74, 6) is -0.796. The van der Waals surface area contributed by atoms with Gasteiger partial charge in [-0.15, -0.1) is 0 Å². The maximum Gasteiger partial charge on any atom is 0.317 e. The molecule has 0 atom stereocenters. The molecule has 0 saturated heterocycles. The van der Waals surface area contributed by atoms with E-state index >= 15 is 0 Å². The SMILES string of the molecule is O=C(O)C1(C(=O)C2CCCCC2)CCCCC1. The van der Waals surface area contributed by atoms with Crippen LogP contribution < -0.4 is 0 Å². The number of aliphatic carboxylic acids is 1. The standard InChI is InChI=1S/C14H22O3/c15-12(11-7-3-1-4-8-11)14(13(16)17)9-5-2-6-10-14/h11H,1-10H2,(H,16,17). The van der Waals surface area contributed by atoms with Gasteiger partial charge >= 0.3 is 5.97 Å². The minimum absolute atomic E-state index is 0.0259. The molecule has 1 N–H and O–H groups in total. The van der Waals surface area contributed by atoms with E-state index in [1.807, 2.05) is 0 Å². The quantitative estimate of drug-likeness (QED) is 0.768. The normalized spacial score (nSPS) is 25.4. The molecule has 0 aromatic carbocycles. The summed E-state index contributed by atoms with van der Waals surface area (Å²) in [6.07, 6.45) is 9.20. The summed E-state index contributed by atoms with van der Waals surface area (Å²) in [4.78, 5) is 24.1. The van der Waals surface area contributed by atoms with E-state index in [4.69, 9.17) is 0 Å². The fourth-order valence-electron chi connectivity index (χ4n) is 3.48. The van der Waals surface area contributed by atoms with Crippen LogP contribution in [0.5, 0.6) is 0 Å². The van der Waals surface area contributed by atoms with Gasteiger partial charge in [0.15, 0.2) is 5.78 Å². The van der Waals surface area contributed by atoms with Crippen molar-refractivity contribution in [2.24, 2.45) is 11.3 Å². The summed E-state index contributed by atoms with van der Waals surface area (Å²) >= 11 is 0. The third-order valence-corrected chi connectivity index (χ3v) is 4.56. The van der Waals surface area contributed by atoms with Gasteiger partial charge in [-0.05, 0) is 25.7 Å². The van der Waals surface area contributed by atoms with Gasteiger partial charge in [-0.25, -0.2) is 0 Å². The van der Waals surface area contributed by atoms with E-state index in [9.17, 15) is 14.7 Å². The van der Waals surface area contributed by atoms with E-state index in [2.05, 4.69) is 0 Å². The molecule has 96 valence electrons. The van der Waals surface area contributed by atoms with E-state index in [0.717, 1.165) is 44.9 Å². The van der Waals surface area contributed by atoms with E-state index < -0.39 is 11.4 Å². The van der Waals surface area contributed by atoms with Gasteiger partial charge < -0.3 is 5.11 Å². The molecule has 2 aliphatic rings. The Morgan fingerprint density at radius 3 is 1.94 bits per heavy atom. The Kier molecular flexibility index (Phi) is 3.85. The Labute approximate surface area is 103 Å². The second-order valence-electron chi connectivity index (χ2n) is 5.65. The Hall–Kier alpha value is -0.860. The van der Waals surface area contributed by atoms with Crippen molar-refractivity contribution in [2.45, 2.75) is 64.2 Å². The van der Waals surface area contributed by atoms with E-state index in [1.165, 1.54) is 6.42 Å². The van der Waals surface area contributed by atoms with Crippen molar-refractivity contribution in [3.05, 3.63) is 0 Å². The highest BCUT2D eigenvalue weighted by Crippen LogP contribution is 2.42. The Bertz CT molecular complexity index is 297. The van der Waals surface area contributed by atoms with Crippen molar-refractivity contribution in [1.29, 1.82) is 0 Å². The lowest BCUT2D eigenvalue weighted by atomic mass is 9.66. The molecule has 2 saturated carbocycles. The lowest BCUT2D eigenvalue weighted by Crippen LogP contribution is -2.44. The molecule has 2 fully saturated rings. The molecule has 2 rings (SSSR count). The van der Waals surface area contributed by atoms with Gasteiger partial charge in [0.1, 0.15) is 5.41 Å². The number of carboxylic acid groups (broad SMARTS) is 1. The summed E-state index contributed by atoms with van der Waals surface area (Å²) in [7, 11) is 0. The predicted molar refractivity (Wildman–Crippen MR) is 64.7 cm³/mol. The van der Waals surface area contributed by atoms with Gasteiger partial charge in [0, 0.05) is 5.92 Å². The Morgan fingerprint density at radius 2 is 1.41 bits per heavy atom. The van der Waals surface area contributed by atoms with Gasteiger partial charge in [-0.2, -0.15) is 0 Å². The summed E-state index contributed by atoms with van der Waals surface area (Å²) in [6, 6.07) is 0. The van der Waals surface area contributed by atoms with Crippen LogP contribution >= 0.6 is 0 Å². The third-order valence-electron chi connectivity index (χ3n) is 4.56. The largest absolute Gasteiger partial charge is 0.480 e. The molecule has 0 aromatic rings. The predicted octanol–water partition coefficient (Wildman–Crippen LogP) is 3.17. The van der Waals surface area contributed by atoms with Crippen LogP contribution in [0.1, 0.15) is 64.2 Å². The molecule has 3 heteroatoms. The Morgan fingerprint density at radius 1 is 0.882 bits per heavy atom. The molecule has 0 radical (unpaired) electrons. The van der Waals surface area contributed by atoms with E-state index in [1.54, 1.807) is 0 Å². The van der Waals surface area contributed by atoms with Gasteiger partial charge in [0.05, 0.1) is 0 Å². The molecule has 0 amide bonds. The fourth-order valence-corrected chi connectivity index (χ4v) is 3.48. The van der Waals surface area contributed by atoms with E-state index in [0.29, 0.717) is 12.8 Å². The first-order valence-electron chi connectivity index (χ1n) is 6.94. The molecule has 2 aliphatic carbocycles. The van der Waals surface area contributed by atoms with Gasteiger partial charge in [-0.1, -0.05) is 38.5 Å². The molecular formula is C14H22O3. The second kappa shape index (κ2) is 5.19. The van der Waals surface area contributed by atoms with Crippen LogP contribution in [0.25, 0.3) is 0 Å². The summed E-state index contributed by atoms with van der Waals surface area (Å²) in [6.45, 7) is 0. The van der Waals surface area contributed by atoms with Crippen LogP contribution in [-0.2, 0) is 9.59 Å². The highest BCUT2D eigenvalue weighted by atomic mass is 16.4. The van der Waals surface area contributed by atoms with Crippen molar-refractivity contribution < 1.29 is 14.7 Å². The van der Waals surface area contributed by atoms with Crippen LogP contribution in [0.4, 0.5) is 0 Å². The van der Waals surface area contributed by atoms with Gasteiger partial charge in [0.2, 0.25) is 0 Å². The zero-order valence-electron chi connectivity index (χ0n) is 10.4. The highest BCUT2D eigenvalue weighted by Gasteiger charge is 2.48. The lowest BCUT2D eigenvalue weighted by molar-refractivity contribution is -0.159. The number of carboxylic acids is 1. The second-order valence-corrected chi connectivity index (χ2v) is 5.65. The van der Waals surface area contributed by atoms with Crippen molar-refractivity contribution in [1.82, 2.24) is 0 Å². The van der Waals surface area contributed by atoms with Crippen molar-refractivity contribution in [3.8, 4) is 0 Å². The van der Waals surface area contributed by atoms with Crippen molar-refractivity contribution >= 4 is 11.8 Å². The number of carbonyl (C=O) groups excluding carboxylic acids is 1. The molecule has 0 unspecified atom stereocenters. The average molecular weight is 238 g/mol.